The molecule has 1 aromatic carbocycles. The fourth-order valence-electron chi connectivity index (χ4n) is 1.65. The number of benzene rings is 1. The monoisotopic (exact) mass is 214 g/mol. The number of nitrogens with zero attached hydrogens (tertiary/aromatic N) is 1. The molecule has 0 aromatic heterocycles. The number of anilines is 1. The van der Waals surface area contributed by atoms with Gasteiger partial charge in [0.1, 0.15) is 6.23 Å². The second-order valence-electron chi connectivity index (χ2n) is 3.15. The molecule has 76 valence electrons. The number of nitrogens with two attached hydrogens (primary N) is 1. The SMILES string of the molecule is NS(=O)(=O)N1c2ccccc2CC1O. The van der Waals surface area contributed by atoms with Crippen LogP contribution in [0, 0.1) is 0 Å². The van der Waals surface area contributed by atoms with Gasteiger partial charge in [-0.2, -0.15) is 8.42 Å². The summed E-state index contributed by atoms with van der Waals surface area (Å²) in [6.45, 7) is 0. The fraction of sp³-hybridized carbons (Fsp3) is 0.250. The van der Waals surface area contributed by atoms with E-state index in [1.165, 1.54) is 0 Å². The molecule has 3 N–H and O–H groups in total. The van der Waals surface area contributed by atoms with Crippen LogP contribution in [0.5, 0.6) is 0 Å². The Morgan fingerprint density at radius 3 is 2.71 bits per heavy atom. The van der Waals surface area contributed by atoms with Crippen molar-refractivity contribution in [3.63, 3.8) is 0 Å². The lowest BCUT2D eigenvalue weighted by Crippen LogP contribution is -2.41. The summed E-state index contributed by atoms with van der Waals surface area (Å²) in [5.41, 5.74) is 1.25. The lowest BCUT2D eigenvalue weighted by molar-refractivity contribution is 0.196. The Hall–Kier alpha value is -1.11. The van der Waals surface area contributed by atoms with Gasteiger partial charge in [0.2, 0.25) is 0 Å². The molecular weight excluding hydrogens is 204 g/mol. The minimum absolute atomic E-state index is 0.284. The van der Waals surface area contributed by atoms with Gasteiger partial charge in [-0.1, -0.05) is 18.2 Å². The summed E-state index contributed by atoms with van der Waals surface area (Å²) in [6.07, 6.45) is -0.797. The Labute approximate surface area is 81.9 Å². The summed E-state index contributed by atoms with van der Waals surface area (Å²) >= 11 is 0. The molecule has 1 unspecified atom stereocenters. The third-order valence-corrected chi connectivity index (χ3v) is 3.16. The molecule has 6 heteroatoms. The van der Waals surface area contributed by atoms with Crippen molar-refractivity contribution in [1.29, 1.82) is 0 Å². The van der Waals surface area contributed by atoms with Crippen molar-refractivity contribution in [2.75, 3.05) is 4.31 Å². The summed E-state index contributed by atoms with van der Waals surface area (Å²) in [6, 6.07) is 6.88. The Morgan fingerprint density at radius 2 is 2.07 bits per heavy atom. The van der Waals surface area contributed by atoms with E-state index >= 15 is 0 Å². The second kappa shape index (κ2) is 2.94. The van der Waals surface area contributed by atoms with Crippen molar-refractivity contribution in [1.82, 2.24) is 0 Å². The highest BCUT2D eigenvalue weighted by molar-refractivity contribution is 7.90. The van der Waals surface area contributed by atoms with Crippen LogP contribution in [0.3, 0.4) is 0 Å². The maximum atomic E-state index is 11.2. The predicted molar refractivity (Wildman–Crippen MR) is 51.7 cm³/mol. The van der Waals surface area contributed by atoms with E-state index < -0.39 is 16.4 Å². The molecule has 0 saturated carbocycles. The van der Waals surface area contributed by atoms with Crippen LogP contribution in [0.4, 0.5) is 5.69 Å². The Bertz CT molecular complexity index is 457. The van der Waals surface area contributed by atoms with E-state index in [-0.39, 0.29) is 6.42 Å². The van der Waals surface area contributed by atoms with E-state index in [4.69, 9.17) is 5.14 Å². The maximum absolute atomic E-state index is 11.2. The number of para-hydroxylation sites is 1. The van der Waals surface area contributed by atoms with Crippen molar-refractivity contribution in [3.8, 4) is 0 Å². The van der Waals surface area contributed by atoms with Crippen molar-refractivity contribution in [2.45, 2.75) is 12.6 Å². The zero-order chi connectivity index (χ0) is 10.3. The van der Waals surface area contributed by atoms with Gasteiger partial charge in [-0.25, -0.2) is 9.44 Å². The molecule has 1 atom stereocenters. The highest BCUT2D eigenvalue weighted by Gasteiger charge is 2.33. The van der Waals surface area contributed by atoms with E-state index in [2.05, 4.69) is 0 Å². The van der Waals surface area contributed by atoms with Gasteiger partial charge in [0.25, 0.3) is 0 Å². The lowest BCUT2D eigenvalue weighted by Gasteiger charge is -2.19. The predicted octanol–water partition coefficient (Wildman–Crippen LogP) is -0.429. The molecular formula is C8H10N2O3S. The minimum Gasteiger partial charge on any atom is -0.372 e. The standard InChI is InChI=1S/C8H10N2O3S/c9-14(12,13)10-7-4-2-1-3-6(7)5-8(10)11/h1-4,8,11H,5H2,(H2,9,12,13). The molecule has 14 heavy (non-hydrogen) atoms. The lowest BCUT2D eigenvalue weighted by atomic mass is 10.2. The first-order chi connectivity index (χ1) is 6.50. The smallest absolute Gasteiger partial charge is 0.301 e. The molecule has 0 bridgehead atoms. The average molecular weight is 214 g/mol. The molecule has 0 aliphatic carbocycles. The van der Waals surface area contributed by atoms with Crippen LogP contribution >= 0.6 is 0 Å². The Balaban J connectivity index is 2.56. The molecule has 0 radical (unpaired) electrons. The van der Waals surface area contributed by atoms with Crippen molar-refractivity contribution < 1.29 is 13.5 Å². The number of aliphatic hydroxyl groups excluding tert-OH is 1. The minimum atomic E-state index is -3.88. The molecule has 1 aromatic rings. The van der Waals surface area contributed by atoms with E-state index in [1.54, 1.807) is 24.3 Å². The largest absolute Gasteiger partial charge is 0.372 e. The van der Waals surface area contributed by atoms with Gasteiger partial charge >= 0.3 is 10.2 Å². The fourth-order valence-corrected chi connectivity index (χ4v) is 2.51. The number of rotatable bonds is 1. The summed E-state index contributed by atoms with van der Waals surface area (Å²) in [4.78, 5) is 0. The number of hydrogen-bond donors (Lipinski definition) is 2. The van der Waals surface area contributed by atoms with E-state index in [9.17, 15) is 13.5 Å². The normalized spacial score (nSPS) is 21.0. The number of aliphatic hydroxyl groups is 1. The van der Waals surface area contributed by atoms with Gasteiger partial charge in [-0.3, -0.25) is 0 Å². The van der Waals surface area contributed by atoms with Gasteiger partial charge < -0.3 is 5.11 Å². The molecule has 1 aliphatic rings. The molecule has 0 saturated heterocycles. The van der Waals surface area contributed by atoms with Crippen LogP contribution in [0.15, 0.2) is 24.3 Å². The molecule has 1 aliphatic heterocycles. The molecule has 0 spiro atoms. The van der Waals surface area contributed by atoms with E-state index in [0.29, 0.717) is 5.69 Å². The number of hydrogen-bond acceptors (Lipinski definition) is 3. The zero-order valence-corrected chi connectivity index (χ0v) is 8.11. The topological polar surface area (TPSA) is 83.6 Å². The molecule has 2 rings (SSSR count). The van der Waals surface area contributed by atoms with Crippen LogP contribution in [0.1, 0.15) is 5.56 Å². The van der Waals surface area contributed by atoms with E-state index in [0.717, 1.165) is 9.87 Å². The summed E-state index contributed by atoms with van der Waals surface area (Å²) in [5, 5.41) is 14.5. The van der Waals surface area contributed by atoms with Crippen LogP contribution in [-0.2, 0) is 16.6 Å². The van der Waals surface area contributed by atoms with Gasteiger partial charge in [0, 0.05) is 6.42 Å². The van der Waals surface area contributed by atoms with Gasteiger partial charge in [0.05, 0.1) is 5.69 Å². The molecule has 1 heterocycles. The summed E-state index contributed by atoms with van der Waals surface area (Å²) in [7, 11) is -3.88. The van der Waals surface area contributed by atoms with Crippen LogP contribution in [0.25, 0.3) is 0 Å². The highest BCUT2D eigenvalue weighted by Crippen LogP contribution is 2.31. The Kier molecular flexibility index (Phi) is 1.99. The molecule has 5 nitrogen and oxygen atoms in total. The highest BCUT2D eigenvalue weighted by atomic mass is 32.2. The summed E-state index contributed by atoms with van der Waals surface area (Å²) in [5.74, 6) is 0. The average Bonchev–Trinajstić information content (AvgIpc) is 2.38. The first-order valence-corrected chi connectivity index (χ1v) is 5.58. The summed E-state index contributed by atoms with van der Waals surface area (Å²) < 4.78 is 23.1. The van der Waals surface area contributed by atoms with Gasteiger partial charge in [-0.15, -0.1) is 0 Å². The quantitative estimate of drug-likeness (QED) is 0.665. The van der Waals surface area contributed by atoms with Crippen LogP contribution in [-0.4, -0.2) is 19.8 Å². The maximum Gasteiger partial charge on any atom is 0.301 e. The van der Waals surface area contributed by atoms with Gasteiger partial charge in [-0.05, 0) is 11.6 Å². The molecule has 0 amide bonds. The first-order valence-electron chi connectivity index (χ1n) is 4.08. The zero-order valence-electron chi connectivity index (χ0n) is 7.29. The van der Waals surface area contributed by atoms with Gasteiger partial charge in [0.15, 0.2) is 0 Å². The first kappa shape index (κ1) is 9.45. The Morgan fingerprint density at radius 1 is 1.43 bits per heavy atom. The second-order valence-corrected chi connectivity index (χ2v) is 4.58. The number of fused-ring (bicyclic) bond motifs is 1. The molecule has 0 fully saturated rings. The van der Waals surface area contributed by atoms with Crippen LogP contribution < -0.4 is 9.44 Å². The van der Waals surface area contributed by atoms with Crippen molar-refractivity contribution in [2.24, 2.45) is 5.14 Å². The third kappa shape index (κ3) is 1.37. The van der Waals surface area contributed by atoms with E-state index in [1.807, 2.05) is 0 Å². The van der Waals surface area contributed by atoms with Crippen LogP contribution in [0.2, 0.25) is 0 Å². The van der Waals surface area contributed by atoms with Crippen molar-refractivity contribution >= 4 is 15.9 Å². The van der Waals surface area contributed by atoms with Crippen molar-refractivity contribution in [3.05, 3.63) is 29.8 Å². The third-order valence-electron chi connectivity index (χ3n) is 2.18.